The van der Waals surface area contributed by atoms with Crippen molar-refractivity contribution in [3.8, 4) is 6.07 Å². The van der Waals surface area contributed by atoms with E-state index in [1.54, 1.807) is 0 Å². The Morgan fingerprint density at radius 2 is 1.65 bits per heavy atom. The van der Waals surface area contributed by atoms with Crippen LogP contribution in [-0.4, -0.2) is 0 Å². The third kappa shape index (κ3) is 4.28. The highest BCUT2D eigenvalue weighted by molar-refractivity contribution is 5.85. The first-order valence-electron chi connectivity index (χ1n) is 4.98. The summed E-state index contributed by atoms with van der Waals surface area (Å²) in [5.74, 6) is 0. The Hall–Kier alpha value is -1.46. The third-order valence-electron chi connectivity index (χ3n) is 2.39. The van der Waals surface area contributed by atoms with Crippen LogP contribution in [0.5, 0.6) is 0 Å². The van der Waals surface area contributed by atoms with Crippen molar-refractivity contribution >= 4 is 12.4 Å². The smallest absolute Gasteiger partial charge is 0.323 e. The van der Waals surface area contributed by atoms with Crippen LogP contribution in [0.3, 0.4) is 0 Å². The minimum Gasteiger partial charge on any atom is -0.323 e. The fraction of sp³-hybridized carbons (Fsp3) is 0.364. The van der Waals surface area contributed by atoms with Gasteiger partial charge >= 0.3 is 12.4 Å². The van der Waals surface area contributed by atoms with Gasteiger partial charge in [0.1, 0.15) is 0 Å². The Morgan fingerprint density at radius 3 is 2.05 bits per heavy atom. The second kappa shape index (κ2) is 6.33. The molecule has 0 saturated carbocycles. The number of nitrogens with zero attached hydrogens (tertiary/aromatic N) is 1. The summed E-state index contributed by atoms with van der Waals surface area (Å²) in [5, 5.41) is 8.39. The molecule has 20 heavy (non-hydrogen) atoms. The lowest BCUT2D eigenvalue weighted by atomic mass is 9.96. The second-order valence-electron chi connectivity index (χ2n) is 3.77. The molecule has 9 heteroatoms. The number of alkyl halides is 6. The van der Waals surface area contributed by atoms with Crippen molar-refractivity contribution in [2.24, 2.45) is 5.73 Å². The maximum atomic E-state index is 12.7. The normalized spacial score (nSPS) is 13.3. The molecule has 1 atom stereocenters. The van der Waals surface area contributed by atoms with Gasteiger partial charge in [0.05, 0.1) is 23.6 Å². The quantitative estimate of drug-likeness (QED) is 0.836. The van der Waals surface area contributed by atoms with Gasteiger partial charge in [-0.3, -0.25) is 0 Å². The maximum Gasteiger partial charge on any atom is 0.416 e. The number of hydrogen-bond donors (Lipinski definition) is 1. The van der Waals surface area contributed by atoms with Crippen molar-refractivity contribution in [2.45, 2.75) is 24.8 Å². The van der Waals surface area contributed by atoms with Crippen molar-refractivity contribution in [3.05, 3.63) is 34.9 Å². The van der Waals surface area contributed by atoms with Gasteiger partial charge in [0.15, 0.2) is 0 Å². The van der Waals surface area contributed by atoms with E-state index in [4.69, 9.17) is 11.0 Å². The predicted octanol–water partition coefficient (Wildman–Crippen LogP) is 4.06. The van der Waals surface area contributed by atoms with Crippen LogP contribution in [0.4, 0.5) is 26.3 Å². The molecule has 0 spiro atoms. The summed E-state index contributed by atoms with van der Waals surface area (Å²) in [7, 11) is 0. The van der Waals surface area contributed by atoms with E-state index in [1.807, 2.05) is 0 Å². The van der Waals surface area contributed by atoms with Crippen LogP contribution in [-0.2, 0) is 12.4 Å². The van der Waals surface area contributed by atoms with Crippen LogP contribution < -0.4 is 5.73 Å². The first-order valence-corrected chi connectivity index (χ1v) is 4.98. The molecule has 1 aromatic rings. The molecule has 0 aromatic heterocycles. The Balaban J connectivity index is 0.00000361. The van der Waals surface area contributed by atoms with Crippen molar-refractivity contribution in [1.29, 1.82) is 5.26 Å². The Bertz CT molecular complexity index is 503. The van der Waals surface area contributed by atoms with E-state index >= 15 is 0 Å². The van der Waals surface area contributed by atoms with Crippen LogP contribution >= 0.6 is 12.4 Å². The van der Waals surface area contributed by atoms with Crippen molar-refractivity contribution in [3.63, 3.8) is 0 Å². The van der Waals surface area contributed by atoms with E-state index in [1.165, 1.54) is 6.07 Å². The molecule has 0 heterocycles. The number of halogens is 7. The summed E-state index contributed by atoms with van der Waals surface area (Å²) in [4.78, 5) is 0. The zero-order chi connectivity index (χ0) is 14.8. The van der Waals surface area contributed by atoms with Gasteiger partial charge in [0, 0.05) is 6.04 Å². The number of benzene rings is 1. The second-order valence-corrected chi connectivity index (χ2v) is 3.77. The van der Waals surface area contributed by atoms with Gasteiger partial charge in [-0.1, -0.05) is 0 Å². The van der Waals surface area contributed by atoms with E-state index in [9.17, 15) is 26.3 Å². The minimum absolute atomic E-state index is 0. The first-order chi connectivity index (χ1) is 8.57. The van der Waals surface area contributed by atoms with E-state index in [0.29, 0.717) is 18.2 Å². The minimum atomic E-state index is -4.83. The van der Waals surface area contributed by atoms with Crippen molar-refractivity contribution in [2.75, 3.05) is 0 Å². The van der Waals surface area contributed by atoms with E-state index in [0.717, 1.165) is 0 Å². The Labute approximate surface area is 116 Å². The van der Waals surface area contributed by atoms with Crippen LogP contribution in [0.1, 0.15) is 29.2 Å². The van der Waals surface area contributed by atoms with Gasteiger partial charge < -0.3 is 5.73 Å². The lowest BCUT2D eigenvalue weighted by molar-refractivity contribution is -0.142. The van der Waals surface area contributed by atoms with Gasteiger partial charge in [-0.15, -0.1) is 12.4 Å². The van der Waals surface area contributed by atoms with Gasteiger partial charge in [-0.2, -0.15) is 31.6 Å². The standard InChI is InChI=1S/C11H8F6N2.ClH/c12-10(13,14)6-1-2-8(11(15,16)17)7(5-6)9(19)3-4-18;/h1-2,5,9H,3,19H2;1H/t9-;/m1./s1. The number of nitriles is 1. The molecule has 1 rings (SSSR count). The molecule has 0 radical (unpaired) electrons. The van der Waals surface area contributed by atoms with Crippen LogP contribution in [0.15, 0.2) is 18.2 Å². The topological polar surface area (TPSA) is 49.8 Å². The Kier molecular flexibility index (Phi) is 5.86. The molecule has 0 aliphatic rings. The molecule has 112 valence electrons. The van der Waals surface area contributed by atoms with E-state index in [2.05, 4.69) is 0 Å². The lowest BCUT2D eigenvalue weighted by Crippen LogP contribution is -2.19. The maximum absolute atomic E-state index is 12.7. The third-order valence-corrected chi connectivity index (χ3v) is 2.39. The van der Waals surface area contributed by atoms with Crippen LogP contribution in [0.2, 0.25) is 0 Å². The summed E-state index contributed by atoms with van der Waals surface area (Å²) in [6.45, 7) is 0. The monoisotopic (exact) mass is 318 g/mol. The number of hydrogen-bond acceptors (Lipinski definition) is 2. The lowest BCUT2D eigenvalue weighted by Gasteiger charge is -2.18. The highest BCUT2D eigenvalue weighted by Crippen LogP contribution is 2.38. The van der Waals surface area contributed by atoms with Crippen LogP contribution in [0.25, 0.3) is 0 Å². The first kappa shape index (κ1) is 18.5. The molecule has 2 N–H and O–H groups in total. The molecule has 1 aromatic carbocycles. The predicted molar refractivity (Wildman–Crippen MR) is 60.9 cm³/mol. The zero-order valence-corrected chi connectivity index (χ0v) is 10.5. The van der Waals surface area contributed by atoms with E-state index < -0.39 is 41.5 Å². The summed E-state index contributed by atoms with van der Waals surface area (Å²) in [6.07, 6.45) is -10.1. The fourth-order valence-electron chi connectivity index (χ4n) is 1.51. The van der Waals surface area contributed by atoms with E-state index in [-0.39, 0.29) is 12.4 Å². The van der Waals surface area contributed by atoms with Gasteiger partial charge in [0.25, 0.3) is 0 Å². The largest absolute Gasteiger partial charge is 0.416 e. The number of rotatable bonds is 2. The molecule has 0 fully saturated rings. The molecule has 0 aliphatic carbocycles. The van der Waals surface area contributed by atoms with Crippen LogP contribution in [0, 0.1) is 11.3 Å². The summed E-state index contributed by atoms with van der Waals surface area (Å²) >= 11 is 0. The van der Waals surface area contributed by atoms with Crippen molar-refractivity contribution in [1.82, 2.24) is 0 Å². The molecular formula is C11H9ClF6N2. The van der Waals surface area contributed by atoms with Crippen molar-refractivity contribution < 1.29 is 26.3 Å². The molecular weight excluding hydrogens is 310 g/mol. The molecule has 0 amide bonds. The zero-order valence-electron chi connectivity index (χ0n) is 9.72. The van der Waals surface area contributed by atoms with Gasteiger partial charge in [-0.25, -0.2) is 0 Å². The molecule has 2 nitrogen and oxygen atoms in total. The van der Waals surface area contributed by atoms with Gasteiger partial charge in [-0.05, 0) is 23.8 Å². The highest BCUT2D eigenvalue weighted by atomic mass is 35.5. The molecule has 0 aliphatic heterocycles. The van der Waals surface area contributed by atoms with Gasteiger partial charge in [0.2, 0.25) is 0 Å². The summed E-state index contributed by atoms with van der Waals surface area (Å²) in [5.41, 5.74) is 2.10. The fourth-order valence-corrected chi connectivity index (χ4v) is 1.51. The average Bonchev–Trinajstić information content (AvgIpc) is 2.26. The summed E-state index contributed by atoms with van der Waals surface area (Å²) < 4.78 is 75.3. The molecule has 0 saturated heterocycles. The number of nitrogens with two attached hydrogens (primary N) is 1. The molecule has 0 bridgehead atoms. The SMILES string of the molecule is Cl.N#CC[C@@H](N)c1cc(C(F)(F)F)ccc1C(F)(F)F. The summed E-state index contributed by atoms with van der Waals surface area (Å²) in [6, 6.07) is 1.11. The highest BCUT2D eigenvalue weighted by Gasteiger charge is 2.38. The molecule has 0 unspecified atom stereocenters. The Morgan fingerprint density at radius 1 is 1.10 bits per heavy atom. The average molecular weight is 319 g/mol.